The molecule has 0 radical (unpaired) electrons. The van der Waals surface area contributed by atoms with Gasteiger partial charge >= 0.3 is 0 Å². The van der Waals surface area contributed by atoms with Gasteiger partial charge in [0.15, 0.2) is 0 Å². The molecule has 0 fully saturated rings. The summed E-state index contributed by atoms with van der Waals surface area (Å²) in [6.07, 6.45) is 0.603. The molecule has 0 aliphatic carbocycles. The van der Waals surface area contributed by atoms with Crippen LogP contribution in [0.4, 0.5) is 5.69 Å². The molecule has 0 aromatic heterocycles. The maximum absolute atomic E-state index is 9.27. The predicted molar refractivity (Wildman–Crippen MR) is 65.4 cm³/mol. The van der Waals surface area contributed by atoms with E-state index in [9.17, 15) is 5.11 Å². The average Bonchev–Trinajstić information content (AvgIpc) is 2.18. The van der Waals surface area contributed by atoms with Crippen LogP contribution in [0, 0.1) is 6.92 Å². The molecule has 0 aliphatic heterocycles. The summed E-state index contributed by atoms with van der Waals surface area (Å²) in [7, 11) is 0. The van der Waals surface area contributed by atoms with Crippen LogP contribution < -0.4 is 4.90 Å². The number of hydrogen-bond acceptors (Lipinski definition) is 2. The van der Waals surface area contributed by atoms with E-state index in [1.165, 1.54) is 11.3 Å². The van der Waals surface area contributed by atoms with Crippen molar-refractivity contribution >= 4 is 5.69 Å². The van der Waals surface area contributed by atoms with Crippen LogP contribution in [0.3, 0.4) is 0 Å². The normalized spacial score (nSPS) is 12.5. The van der Waals surface area contributed by atoms with Gasteiger partial charge in [-0.2, -0.15) is 0 Å². The molecule has 1 unspecified atom stereocenters. The van der Waals surface area contributed by atoms with Crippen LogP contribution in [-0.4, -0.2) is 24.3 Å². The Bertz CT molecular complexity index is 296. The number of rotatable bonds is 5. The van der Waals surface area contributed by atoms with Crippen molar-refractivity contribution in [2.24, 2.45) is 0 Å². The van der Waals surface area contributed by atoms with Crippen LogP contribution >= 0.6 is 0 Å². The van der Waals surface area contributed by atoms with Crippen molar-refractivity contribution in [2.75, 3.05) is 18.0 Å². The fourth-order valence-corrected chi connectivity index (χ4v) is 1.64. The zero-order valence-corrected chi connectivity index (χ0v) is 9.90. The van der Waals surface area contributed by atoms with Gasteiger partial charge in [0.1, 0.15) is 0 Å². The summed E-state index contributed by atoms with van der Waals surface area (Å²) in [6.45, 7) is 7.98. The highest BCUT2D eigenvalue weighted by Gasteiger charge is 2.05. The van der Waals surface area contributed by atoms with E-state index in [1.54, 1.807) is 0 Å². The summed E-state index contributed by atoms with van der Waals surface area (Å²) in [6, 6.07) is 8.49. The Morgan fingerprint density at radius 1 is 1.40 bits per heavy atom. The number of nitrogens with zero attached hydrogens (tertiary/aromatic N) is 1. The molecule has 0 amide bonds. The van der Waals surface area contributed by atoms with E-state index in [0.717, 1.165) is 19.5 Å². The van der Waals surface area contributed by atoms with Gasteiger partial charge in [-0.15, -0.1) is 0 Å². The first kappa shape index (κ1) is 12.1. The van der Waals surface area contributed by atoms with E-state index in [-0.39, 0.29) is 6.10 Å². The fourth-order valence-electron chi connectivity index (χ4n) is 1.64. The number of anilines is 1. The van der Waals surface area contributed by atoms with Crippen molar-refractivity contribution in [3.05, 3.63) is 29.8 Å². The topological polar surface area (TPSA) is 23.5 Å². The molecule has 0 saturated carbocycles. The van der Waals surface area contributed by atoms with E-state index in [4.69, 9.17) is 0 Å². The van der Waals surface area contributed by atoms with Gasteiger partial charge in [0.05, 0.1) is 6.10 Å². The third-order valence-electron chi connectivity index (χ3n) is 2.57. The lowest BCUT2D eigenvalue weighted by molar-refractivity contribution is 0.186. The predicted octanol–water partition coefficient (Wildman–Crippen LogP) is 2.59. The quantitative estimate of drug-likeness (QED) is 0.802. The molecule has 1 N–H and O–H groups in total. The van der Waals surface area contributed by atoms with Crippen LogP contribution in [0.2, 0.25) is 0 Å². The van der Waals surface area contributed by atoms with Gasteiger partial charge in [-0.25, -0.2) is 0 Å². The second-order valence-corrected chi connectivity index (χ2v) is 4.06. The molecule has 15 heavy (non-hydrogen) atoms. The zero-order chi connectivity index (χ0) is 11.3. The lowest BCUT2D eigenvalue weighted by Gasteiger charge is -2.24. The maximum Gasteiger partial charge on any atom is 0.0528 e. The molecule has 0 bridgehead atoms. The van der Waals surface area contributed by atoms with Crippen molar-refractivity contribution in [3.63, 3.8) is 0 Å². The van der Waals surface area contributed by atoms with Crippen molar-refractivity contribution in [3.8, 4) is 0 Å². The third kappa shape index (κ3) is 3.92. The van der Waals surface area contributed by atoms with E-state index in [2.05, 4.69) is 43.0 Å². The standard InChI is InChI=1S/C13H21NO/c1-4-14(9-8-12(3)15)13-7-5-6-11(2)10-13/h5-7,10,12,15H,4,8-9H2,1-3H3. The maximum atomic E-state index is 9.27. The van der Waals surface area contributed by atoms with Crippen LogP contribution in [0.1, 0.15) is 25.8 Å². The lowest BCUT2D eigenvalue weighted by Crippen LogP contribution is -2.26. The van der Waals surface area contributed by atoms with Gasteiger partial charge in [0.25, 0.3) is 0 Å². The lowest BCUT2D eigenvalue weighted by atomic mass is 10.2. The molecule has 2 nitrogen and oxygen atoms in total. The molecule has 1 aromatic rings. The largest absolute Gasteiger partial charge is 0.393 e. The first-order valence-corrected chi connectivity index (χ1v) is 5.63. The molecule has 84 valence electrons. The number of benzene rings is 1. The van der Waals surface area contributed by atoms with Gasteiger partial charge < -0.3 is 10.0 Å². The molecule has 0 heterocycles. The molecule has 0 spiro atoms. The Labute approximate surface area is 92.5 Å². The zero-order valence-electron chi connectivity index (χ0n) is 9.90. The molecule has 2 heteroatoms. The van der Waals surface area contributed by atoms with Gasteiger partial charge in [-0.1, -0.05) is 12.1 Å². The SMILES string of the molecule is CCN(CCC(C)O)c1cccc(C)c1. The van der Waals surface area contributed by atoms with Crippen molar-refractivity contribution in [2.45, 2.75) is 33.3 Å². The Balaban J connectivity index is 2.65. The highest BCUT2D eigenvalue weighted by atomic mass is 16.3. The molecular weight excluding hydrogens is 186 g/mol. The summed E-state index contributed by atoms with van der Waals surface area (Å²) < 4.78 is 0. The highest BCUT2D eigenvalue weighted by Crippen LogP contribution is 2.16. The minimum absolute atomic E-state index is 0.219. The second-order valence-electron chi connectivity index (χ2n) is 4.06. The average molecular weight is 207 g/mol. The van der Waals surface area contributed by atoms with E-state index < -0.39 is 0 Å². The Kier molecular flexibility index (Phi) is 4.63. The van der Waals surface area contributed by atoms with Crippen molar-refractivity contribution < 1.29 is 5.11 Å². The smallest absolute Gasteiger partial charge is 0.0528 e. The van der Waals surface area contributed by atoms with Gasteiger partial charge in [0, 0.05) is 18.8 Å². The second kappa shape index (κ2) is 5.76. The number of aliphatic hydroxyl groups is 1. The Morgan fingerprint density at radius 3 is 2.67 bits per heavy atom. The molecule has 1 atom stereocenters. The molecule has 0 aliphatic rings. The summed E-state index contributed by atoms with van der Waals surface area (Å²) in [4.78, 5) is 2.29. The van der Waals surface area contributed by atoms with Crippen LogP contribution in [0.15, 0.2) is 24.3 Å². The van der Waals surface area contributed by atoms with Crippen LogP contribution in [-0.2, 0) is 0 Å². The minimum atomic E-state index is -0.219. The molecule has 0 saturated heterocycles. The van der Waals surface area contributed by atoms with Crippen molar-refractivity contribution in [1.82, 2.24) is 0 Å². The number of aryl methyl sites for hydroxylation is 1. The number of aliphatic hydroxyl groups excluding tert-OH is 1. The van der Waals surface area contributed by atoms with Crippen LogP contribution in [0.5, 0.6) is 0 Å². The number of hydrogen-bond donors (Lipinski definition) is 1. The van der Waals surface area contributed by atoms with E-state index in [0.29, 0.717) is 0 Å². The summed E-state index contributed by atoms with van der Waals surface area (Å²) in [5.41, 5.74) is 2.53. The van der Waals surface area contributed by atoms with E-state index in [1.807, 2.05) is 6.92 Å². The van der Waals surface area contributed by atoms with Gasteiger partial charge in [-0.3, -0.25) is 0 Å². The van der Waals surface area contributed by atoms with Crippen LogP contribution in [0.25, 0.3) is 0 Å². The summed E-state index contributed by atoms with van der Waals surface area (Å²) in [5, 5.41) is 9.27. The highest BCUT2D eigenvalue weighted by molar-refractivity contribution is 5.48. The molecular formula is C13H21NO. The van der Waals surface area contributed by atoms with E-state index >= 15 is 0 Å². The molecule has 1 rings (SSSR count). The third-order valence-corrected chi connectivity index (χ3v) is 2.57. The minimum Gasteiger partial charge on any atom is -0.393 e. The monoisotopic (exact) mass is 207 g/mol. The fraction of sp³-hybridized carbons (Fsp3) is 0.538. The first-order valence-electron chi connectivity index (χ1n) is 5.63. The summed E-state index contributed by atoms with van der Waals surface area (Å²) in [5.74, 6) is 0. The Morgan fingerprint density at radius 2 is 2.13 bits per heavy atom. The van der Waals surface area contributed by atoms with Gasteiger partial charge in [0.2, 0.25) is 0 Å². The van der Waals surface area contributed by atoms with Gasteiger partial charge in [-0.05, 0) is 44.9 Å². The van der Waals surface area contributed by atoms with Crippen molar-refractivity contribution in [1.29, 1.82) is 0 Å². The molecule has 1 aromatic carbocycles. The Hall–Kier alpha value is -1.02. The summed E-state index contributed by atoms with van der Waals surface area (Å²) >= 11 is 0. The first-order chi connectivity index (χ1) is 7.13.